The molecule has 0 atom stereocenters. The van der Waals surface area contributed by atoms with Gasteiger partial charge in [0.15, 0.2) is 17.3 Å². The minimum Gasteiger partial charge on any atom is -0.294 e. The van der Waals surface area contributed by atoms with Gasteiger partial charge in [0.25, 0.3) is 0 Å². The van der Waals surface area contributed by atoms with E-state index in [-0.39, 0.29) is 29.1 Å². The number of rotatable bonds is 6. The zero-order valence-electron chi connectivity index (χ0n) is 15.8. The Balaban J connectivity index is 1.90. The fourth-order valence-corrected chi connectivity index (χ4v) is 3.57. The molecule has 0 aromatic heterocycles. The van der Waals surface area contributed by atoms with Gasteiger partial charge < -0.3 is 0 Å². The minimum absolute atomic E-state index is 0.0445. The number of allylic oxidation sites excluding steroid dienone is 2. The van der Waals surface area contributed by atoms with Crippen molar-refractivity contribution in [2.24, 2.45) is 0 Å². The van der Waals surface area contributed by atoms with Gasteiger partial charge in [0, 0.05) is 23.1 Å². The van der Waals surface area contributed by atoms with E-state index >= 15 is 0 Å². The van der Waals surface area contributed by atoms with Gasteiger partial charge in [-0.3, -0.25) is 14.4 Å². The molecule has 1 aliphatic rings. The maximum Gasteiger partial charge on any atom is 0.177 e. The Morgan fingerprint density at radius 2 is 1.24 bits per heavy atom. The van der Waals surface area contributed by atoms with Gasteiger partial charge in [0.2, 0.25) is 0 Å². The molecule has 3 rings (SSSR count). The third-order valence-corrected chi connectivity index (χ3v) is 5.34. The zero-order valence-corrected chi connectivity index (χ0v) is 17.3. The summed E-state index contributed by atoms with van der Waals surface area (Å²) in [6.07, 6.45) is 6.00. The third kappa shape index (κ3) is 5.31. The lowest BCUT2D eigenvalue weighted by Gasteiger charge is -2.17. The number of benzene rings is 2. The molecule has 2 aromatic rings. The molecule has 0 radical (unpaired) electrons. The molecular weight excluding hydrogens is 407 g/mol. The predicted octanol–water partition coefficient (Wildman–Crippen LogP) is 5.75. The maximum absolute atomic E-state index is 12.6. The molecule has 0 unspecified atom stereocenters. The zero-order chi connectivity index (χ0) is 20.8. The number of carbonyl (C=O) groups excluding carboxylic acids is 3. The highest BCUT2D eigenvalue weighted by Crippen LogP contribution is 2.30. The average Bonchev–Trinajstić information content (AvgIpc) is 2.76. The Morgan fingerprint density at radius 1 is 0.759 bits per heavy atom. The first-order valence-corrected chi connectivity index (χ1v) is 10.4. The number of Topliss-reactive ketones (excluding diaryl/α,β-unsaturated/α-hetero) is 3. The van der Waals surface area contributed by atoms with Crippen LogP contribution in [0.1, 0.15) is 51.1 Å². The number of hydrogen-bond acceptors (Lipinski definition) is 3. The smallest absolute Gasteiger partial charge is 0.177 e. The van der Waals surface area contributed by atoms with Crippen molar-refractivity contribution in [3.63, 3.8) is 0 Å². The number of hydrogen-bond donors (Lipinski definition) is 0. The van der Waals surface area contributed by atoms with E-state index in [2.05, 4.69) is 0 Å². The van der Waals surface area contributed by atoms with Crippen LogP contribution in [0.15, 0.2) is 59.7 Å². The molecule has 2 aromatic carbocycles. The lowest BCUT2D eigenvalue weighted by atomic mass is 9.86. The van der Waals surface area contributed by atoms with Gasteiger partial charge in [0.1, 0.15) is 0 Å². The van der Waals surface area contributed by atoms with Crippen molar-refractivity contribution in [1.29, 1.82) is 0 Å². The maximum atomic E-state index is 12.6. The quantitative estimate of drug-likeness (QED) is 0.335. The van der Waals surface area contributed by atoms with Crippen LogP contribution in [-0.4, -0.2) is 29.1 Å². The van der Waals surface area contributed by atoms with Crippen LogP contribution in [-0.2, 0) is 4.79 Å². The molecule has 0 heterocycles. The van der Waals surface area contributed by atoms with Crippen LogP contribution in [0.25, 0.3) is 12.2 Å². The highest BCUT2D eigenvalue weighted by molar-refractivity contribution is 6.30. The van der Waals surface area contributed by atoms with Crippen LogP contribution in [0.5, 0.6) is 0 Å². The highest BCUT2D eigenvalue weighted by atomic mass is 35.5. The minimum atomic E-state index is -0.128. The summed E-state index contributed by atoms with van der Waals surface area (Å²) in [6, 6.07) is 14.3. The first-order chi connectivity index (χ1) is 14.0. The second-order valence-electron chi connectivity index (χ2n) is 6.86. The highest BCUT2D eigenvalue weighted by Gasteiger charge is 2.20. The largest absolute Gasteiger partial charge is 0.294 e. The monoisotopic (exact) mass is 426 g/mol. The van der Waals surface area contributed by atoms with Crippen LogP contribution < -0.4 is 0 Å². The molecule has 0 spiro atoms. The molecule has 1 fully saturated rings. The number of halogens is 2. The van der Waals surface area contributed by atoms with Gasteiger partial charge in [-0.2, -0.15) is 0 Å². The lowest BCUT2D eigenvalue weighted by Crippen LogP contribution is -2.11. The summed E-state index contributed by atoms with van der Waals surface area (Å²) in [4.78, 5) is 35.9. The van der Waals surface area contributed by atoms with Crippen molar-refractivity contribution in [2.75, 3.05) is 11.8 Å². The summed E-state index contributed by atoms with van der Waals surface area (Å²) in [5.74, 6) is -0.234. The van der Waals surface area contributed by atoms with Crippen LogP contribution in [0.3, 0.4) is 0 Å². The van der Waals surface area contributed by atoms with Crippen molar-refractivity contribution in [2.45, 2.75) is 19.3 Å². The van der Waals surface area contributed by atoms with Crippen molar-refractivity contribution in [3.8, 4) is 0 Å². The van der Waals surface area contributed by atoms with E-state index in [0.717, 1.165) is 29.5 Å². The molecule has 0 bridgehead atoms. The van der Waals surface area contributed by atoms with E-state index in [0.29, 0.717) is 23.1 Å². The molecule has 0 saturated heterocycles. The van der Waals surface area contributed by atoms with Gasteiger partial charge in [-0.15, -0.1) is 23.2 Å². The van der Waals surface area contributed by atoms with Gasteiger partial charge in [-0.25, -0.2) is 0 Å². The normalized spacial score (nSPS) is 17.0. The summed E-state index contributed by atoms with van der Waals surface area (Å²) in [5, 5.41) is 0. The molecule has 0 aliphatic heterocycles. The SMILES string of the molecule is O=C1CCCC(=Cc2ccc(C(=O)CCl)cc2)C1=Cc1ccc(C(=O)CCl)cc1. The molecule has 0 N–H and O–H groups in total. The van der Waals surface area contributed by atoms with E-state index in [1.807, 2.05) is 36.4 Å². The van der Waals surface area contributed by atoms with Crippen LogP contribution in [0.4, 0.5) is 0 Å². The molecule has 5 heteroatoms. The van der Waals surface area contributed by atoms with Crippen molar-refractivity contribution >= 4 is 52.7 Å². The first kappa shape index (κ1) is 21.2. The summed E-state index contributed by atoms with van der Waals surface area (Å²) >= 11 is 11.2. The number of carbonyl (C=O) groups is 3. The van der Waals surface area contributed by atoms with Crippen LogP contribution in [0.2, 0.25) is 0 Å². The van der Waals surface area contributed by atoms with Crippen molar-refractivity contribution < 1.29 is 14.4 Å². The Bertz CT molecular complexity index is 984. The van der Waals surface area contributed by atoms with E-state index in [9.17, 15) is 14.4 Å². The third-order valence-electron chi connectivity index (χ3n) is 4.86. The summed E-state index contributed by atoms with van der Waals surface area (Å²) in [5.41, 5.74) is 4.57. The van der Waals surface area contributed by atoms with Gasteiger partial charge in [0.05, 0.1) is 11.8 Å². The topological polar surface area (TPSA) is 51.2 Å². The van der Waals surface area contributed by atoms with Gasteiger partial charge in [-0.05, 0) is 35.6 Å². The van der Waals surface area contributed by atoms with Gasteiger partial charge >= 0.3 is 0 Å². The molecule has 0 amide bonds. The standard InChI is InChI=1S/C24H20Cl2O3/c25-14-23(28)18-8-4-16(5-9-18)12-20-2-1-3-22(27)21(20)13-17-6-10-19(11-7-17)24(29)15-26/h4-13H,1-3,14-15H2. The van der Waals surface area contributed by atoms with E-state index in [1.165, 1.54) is 0 Å². The number of ketones is 3. The fourth-order valence-electron chi connectivity index (χ4n) is 3.26. The molecule has 3 nitrogen and oxygen atoms in total. The Kier molecular flexibility index (Phi) is 7.18. The van der Waals surface area contributed by atoms with Crippen LogP contribution >= 0.6 is 23.2 Å². The average molecular weight is 427 g/mol. The lowest BCUT2D eigenvalue weighted by molar-refractivity contribution is -0.115. The second-order valence-corrected chi connectivity index (χ2v) is 7.40. The van der Waals surface area contributed by atoms with E-state index in [1.54, 1.807) is 24.3 Å². The predicted molar refractivity (Wildman–Crippen MR) is 118 cm³/mol. The van der Waals surface area contributed by atoms with E-state index in [4.69, 9.17) is 23.2 Å². The Morgan fingerprint density at radius 3 is 1.72 bits per heavy atom. The molecule has 1 aliphatic carbocycles. The van der Waals surface area contributed by atoms with E-state index < -0.39 is 0 Å². The van der Waals surface area contributed by atoms with Crippen molar-refractivity contribution in [1.82, 2.24) is 0 Å². The van der Waals surface area contributed by atoms with Crippen molar-refractivity contribution in [3.05, 3.63) is 81.9 Å². The summed E-state index contributed by atoms with van der Waals surface area (Å²) < 4.78 is 0. The molecule has 1 saturated carbocycles. The molecule has 29 heavy (non-hydrogen) atoms. The van der Waals surface area contributed by atoms with Gasteiger partial charge in [-0.1, -0.05) is 54.6 Å². The Labute approximate surface area is 180 Å². The second kappa shape index (κ2) is 9.82. The Hall–Kier alpha value is -2.49. The number of alkyl halides is 2. The summed E-state index contributed by atoms with van der Waals surface area (Å²) in [7, 11) is 0. The fraction of sp³-hybridized carbons (Fsp3) is 0.208. The first-order valence-electron chi connectivity index (χ1n) is 9.36. The molecule has 148 valence electrons. The van der Waals surface area contributed by atoms with Crippen LogP contribution in [0, 0.1) is 0 Å². The molecular formula is C24H20Cl2O3. The summed E-state index contributed by atoms with van der Waals surface area (Å²) in [6.45, 7) is 0.